The summed E-state index contributed by atoms with van der Waals surface area (Å²) in [7, 11) is 0. The fourth-order valence-electron chi connectivity index (χ4n) is 4.22. The fourth-order valence-corrected chi connectivity index (χ4v) is 4.22. The molecule has 1 saturated heterocycles. The highest BCUT2D eigenvalue weighted by atomic mass is 16.5. The first-order valence-electron chi connectivity index (χ1n) is 10.1. The lowest BCUT2D eigenvalue weighted by Crippen LogP contribution is -2.49. The number of fused-ring (bicyclic) bond motifs is 1. The first-order chi connectivity index (χ1) is 14.0. The Hall–Kier alpha value is -3.08. The fraction of sp³-hybridized carbons (Fsp3) is 0.333. The SMILES string of the molecule is C[C@H]1CCC[C@H](C)N1C(=O)COc1ccc2c(-c3ccccc3)cc(=O)oc2c1. The van der Waals surface area contributed by atoms with Crippen molar-refractivity contribution in [3.8, 4) is 16.9 Å². The van der Waals surface area contributed by atoms with Crippen molar-refractivity contribution in [2.75, 3.05) is 6.61 Å². The summed E-state index contributed by atoms with van der Waals surface area (Å²) < 4.78 is 11.1. The molecule has 1 aliphatic rings. The minimum atomic E-state index is -0.416. The molecule has 5 heteroatoms. The second kappa shape index (κ2) is 8.11. The lowest BCUT2D eigenvalue weighted by atomic mass is 9.97. The first-order valence-corrected chi connectivity index (χ1v) is 10.1. The highest BCUT2D eigenvalue weighted by molar-refractivity contribution is 5.93. The van der Waals surface area contributed by atoms with Crippen LogP contribution in [0.4, 0.5) is 0 Å². The van der Waals surface area contributed by atoms with Crippen LogP contribution in [0.3, 0.4) is 0 Å². The molecule has 0 bridgehead atoms. The normalized spacial score (nSPS) is 19.3. The van der Waals surface area contributed by atoms with E-state index in [1.54, 1.807) is 6.07 Å². The maximum Gasteiger partial charge on any atom is 0.336 e. The molecular weight excluding hydrogens is 366 g/mol. The Labute approximate surface area is 169 Å². The molecule has 0 N–H and O–H groups in total. The molecule has 1 fully saturated rings. The van der Waals surface area contributed by atoms with Crippen LogP contribution in [0.1, 0.15) is 33.1 Å². The van der Waals surface area contributed by atoms with Crippen molar-refractivity contribution in [3.63, 3.8) is 0 Å². The summed E-state index contributed by atoms with van der Waals surface area (Å²) in [6.07, 6.45) is 3.21. The zero-order valence-electron chi connectivity index (χ0n) is 16.8. The summed E-state index contributed by atoms with van der Waals surface area (Å²) in [5, 5.41) is 0.827. The van der Waals surface area contributed by atoms with Crippen molar-refractivity contribution in [1.29, 1.82) is 0 Å². The van der Waals surface area contributed by atoms with E-state index >= 15 is 0 Å². The Morgan fingerprint density at radius 3 is 2.52 bits per heavy atom. The topological polar surface area (TPSA) is 59.8 Å². The van der Waals surface area contributed by atoms with E-state index in [1.807, 2.05) is 47.4 Å². The number of carbonyl (C=O) groups excluding carboxylic acids is 1. The second-order valence-corrected chi connectivity index (χ2v) is 7.72. The molecule has 1 aliphatic heterocycles. The maximum absolute atomic E-state index is 12.7. The summed E-state index contributed by atoms with van der Waals surface area (Å²) in [5.74, 6) is 0.501. The van der Waals surface area contributed by atoms with Crippen LogP contribution in [0.15, 0.2) is 63.8 Å². The van der Waals surface area contributed by atoms with Crippen LogP contribution in [-0.2, 0) is 4.79 Å². The number of nitrogens with zero attached hydrogens (tertiary/aromatic N) is 1. The van der Waals surface area contributed by atoms with Gasteiger partial charge in [-0.1, -0.05) is 30.3 Å². The van der Waals surface area contributed by atoms with Crippen LogP contribution in [0.25, 0.3) is 22.1 Å². The van der Waals surface area contributed by atoms with E-state index in [9.17, 15) is 9.59 Å². The molecule has 2 atom stereocenters. The van der Waals surface area contributed by atoms with E-state index in [2.05, 4.69) is 13.8 Å². The summed E-state index contributed by atoms with van der Waals surface area (Å²) in [6.45, 7) is 4.15. The van der Waals surface area contributed by atoms with Crippen LogP contribution in [-0.4, -0.2) is 29.5 Å². The Bertz CT molecular complexity index is 1060. The molecular formula is C24H25NO4. The monoisotopic (exact) mass is 391 g/mol. The Kier molecular flexibility index (Phi) is 5.38. The van der Waals surface area contributed by atoms with E-state index in [1.165, 1.54) is 6.07 Å². The van der Waals surface area contributed by atoms with Crippen LogP contribution in [0, 0.1) is 0 Å². The summed E-state index contributed by atoms with van der Waals surface area (Å²) in [6, 6.07) is 17.0. The molecule has 1 aromatic heterocycles. The molecule has 2 aromatic carbocycles. The van der Waals surface area contributed by atoms with Crippen LogP contribution in [0.2, 0.25) is 0 Å². The zero-order valence-corrected chi connectivity index (χ0v) is 16.8. The van der Waals surface area contributed by atoms with E-state index < -0.39 is 5.63 Å². The molecule has 29 heavy (non-hydrogen) atoms. The average molecular weight is 391 g/mol. The number of benzene rings is 2. The van der Waals surface area contributed by atoms with Gasteiger partial charge in [0, 0.05) is 29.6 Å². The van der Waals surface area contributed by atoms with Crippen LogP contribution < -0.4 is 10.4 Å². The van der Waals surface area contributed by atoms with Gasteiger partial charge in [-0.15, -0.1) is 0 Å². The predicted octanol–water partition coefficient (Wildman–Crippen LogP) is 4.63. The van der Waals surface area contributed by atoms with Gasteiger partial charge in [0.1, 0.15) is 11.3 Å². The molecule has 4 rings (SSSR count). The molecule has 0 saturated carbocycles. The molecule has 0 spiro atoms. The van der Waals surface area contributed by atoms with Gasteiger partial charge in [-0.25, -0.2) is 4.79 Å². The highest BCUT2D eigenvalue weighted by Gasteiger charge is 2.29. The van der Waals surface area contributed by atoms with Gasteiger partial charge in [0.2, 0.25) is 0 Å². The van der Waals surface area contributed by atoms with Crippen molar-refractivity contribution in [3.05, 3.63) is 65.0 Å². The lowest BCUT2D eigenvalue weighted by Gasteiger charge is -2.38. The van der Waals surface area contributed by atoms with Gasteiger partial charge in [0.15, 0.2) is 6.61 Å². The van der Waals surface area contributed by atoms with Gasteiger partial charge in [-0.2, -0.15) is 0 Å². The molecule has 0 radical (unpaired) electrons. The largest absolute Gasteiger partial charge is 0.484 e. The van der Waals surface area contributed by atoms with Crippen LogP contribution >= 0.6 is 0 Å². The Morgan fingerprint density at radius 1 is 1.07 bits per heavy atom. The van der Waals surface area contributed by atoms with Gasteiger partial charge < -0.3 is 14.1 Å². The third-order valence-corrected chi connectivity index (χ3v) is 5.64. The number of hydrogen-bond donors (Lipinski definition) is 0. The smallest absolute Gasteiger partial charge is 0.336 e. The van der Waals surface area contributed by atoms with E-state index in [0.717, 1.165) is 35.8 Å². The number of ether oxygens (including phenoxy) is 1. The summed E-state index contributed by atoms with van der Waals surface area (Å²) >= 11 is 0. The molecule has 2 heterocycles. The van der Waals surface area contributed by atoms with Gasteiger partial charge in [-0.05, 0) is 56.4 Å². The average Bonchev–Trinajstić information content (AvgIpc) is 2.72. The quantitative estimate of drug-likeness (QED) is 0.609. The van der Waals surface area contributed by atoms with Gasteiger partial charge >= 0.3 is 5.63 Å². The third-order valence-electron chi connectivity index (χ3n) is 5.64. The van der Waals surface area contributed by atoms with Gasteiger partial charge in [0.05, 0.1) is 0 Å². The molecule has 0 unspecified atom stereocenters. The summed E-state index contributed by atoms with van der Waals surface area (Å²) in [4.78, 5) is 26.7. The number of rotatable bonds is 4. The lowest BCUT2D eigenvalue weighted by molar-refractivity contribution is -0.139. The minimum absolute atomic E-state index is 0.00992. The third kappa shape index (κ3) is 4.04. The van der Waals surface area contributed by atoms with Gasteiger partial charge in [-0.3, -0.25) is 4.79 Å². The first kappa shape index (κ1) is 19.2. The van der Waals surface area contributed by atoms with Crippen molar-refractivity contribution in [1.82, 2.24) is 4.90 Å². The number of hydrogen-bond acceptors (Lipinski definition) is 4. The van der Waals surface area contributed by atoms with Crippen LogP contribution in [0.5, 0.6) is 5.75 Å². The van der Waals surface area contributed by atoms with E-state index in [0.29, 0.717) is 11.3 Å². The number of carbonyl (C=O) groups is 1. The standard InChI is InChI=1S/C24H25NO4/c1-16-7-6-8-17(2)25(16)23(26)15-28-19-11-12-20-21(18-9-4-3-5-10-18)14-24(27)29-22(20)13-19/h3-5,9-14,16-17H,6-8,15H2,1-2H3/t16-,17-/m0/s1. The molecule has 1 amide bonds. The molecule has 0 aliphatic carbocycles. The molecule has 5 nitrogen and oxygen atoms in total. The van der Waals surface area contributed by atoms with Crippen molar-refractivity contribution < 1.29 is 13.9 Å². The molecule has 150 valence electrons. The second-order valence-electron chi connectivity index (χ2n) is 7.72. The summed E-state index contributed by atoms with van der Waals surface area (Å²) in [5.41, 5.74) is 1.79. The number of likely N-dealkylation sites (tertiary alicyclic amines) is 1. The minimum Gasteiger partial charge on any atom is -0.484 e. The van der Waals surface area contributed by atoms with E-state index in [-0.39, 0.29) is 24.6 Å². The number of piperidine rings is 1. The Balaban J connectivity index is 1.57. The highest BCUT2D eigenvalue weighted by Crippen LogP contribution is 2.30. The zero-order chi connectivity index (χ0) is 20.4. The predicted molar refractivity (Wildman–Crippen MR) is 113 cm³/mol. The molecule has 3 aromatic rings. The van der Waals surface area contributed by atoms with Crippen molar-refractivity contribution in [2.45, 2.75) is 45.2 Å². The van der Waals surface area contributed by atoms with Crippen molar-refractivity contribution >= 4 is 16.9 Å². The van der Waals surface area contributed by atoms with E-state index in [4.69, 9.17) is 9.15 Å². The number of amides is 1. The van der Waals surface area contributed by atoms with Gasteiger partial charge in [0.25, 0.3) is 5.91 Å². The maximum atomic E-state index is 12.7. The van der Waals surface area contributed by atoms with Crippen molar-refractivity contribution in [2.24, 2.45) is 0 Å². The Morgan fingerprint density at radius 2 is 1.79 bits per heavy atom.